The van der Waals surface area contributed by atoms with E-state index in [0.29, 0.717) is 12.1 Å². The lowest BCUT2D eigenvalue weighted by atomic mass is 10.0. The van der Waals surface area contributed by atoms with Crippen molar-refractivity contribution < 1.29 is 35.9 Å². The lowest BCUT2D eigenvalue weighted by molar-refractivity contribution is -0.274. The maximum atomic E-state index is 13.2. The Morgan fingerprint density at radius 1 is 0.909 bits per heavy atom. The summed E-state index contributed by atoms with van der Waals surface area (Å²) in [5.74, 6) is -5.51. The largest absolute Gasteiger partial charge is 0.573 e. The molecule has 0 radical (unpaired) electrons. The number of aldehydes is 1. The molecule has 0 fully saturated rings. The molecule has 2 rings (SSSR count). The second kappa shape index (κ2) is 5.70. The monoisotopic (exact) mass is 320 g/mol. The quantitative estimate of drug-likeness (QED) is 0.473. The minimum atomic E-state index is -5.05. The summed E-state index contributed by atoms with van der Waals surface area (Å²) in [6, 6.07) is 4.16. The van der Waals surface area contributed by atoms with Crippen LogP contribution in [0.2, 0.25) is 0 Å². The summed E-state index contributed by atoms with van der Waals surface area (Å²) in [5, 5.41) is 0. The molecule has 22 heavy (non-hydrogen) atoms. The fourth-order valence-electron chi connectivity index (χ4n) is 1.75. The topological polar surface area (TPSA) is 26.3 Å². The van der Waals surface area contributed by atoms with Crippen molar-refractivity contribution in [2.45, 2.75) is 6.36 Å². The molecule has 8 heteroatoms. The van der Waals surface area contributed by atoms with E-state index in [9.17, 15) is 31.1 Å². The third-order valence-corrected chi connectivity index (χ3v) is 2.68. The summed E-state index contributed by atoms with van der Waals surface area (Å²) in [6.45, 7) is 0. The van der Waals surface area contributed by atoms with Gasteiger partial charge in [-0.3, -0.25) is 4.79 Å². The normalized spacial score (nSPS) is 11.4. The van der Waals surface area contributed by atoms with Gasteiger partial charge in [-0.2, -0.15) is 0 Å². The van der Waals surface area contributed by atoms with Crippen LogP contribution in [0.5, 0.6) is 5.75 Å². The van der Waals surface area contributed by atoms with Crippen molar-refractivity contribution >= 4 is 6.29 Å². The maximum absolute atomic E-state index is 13.2. The number of carbonyl (C=O) groups is 1. The number of alkyl halides is 3. The molecule has 0 aliphatic carbocycles. The molecular weight excluding hydrogens is 314 g/mol. The predicted octanol–water partition coefficient (Wildman–Crippen LogP) is 4.48. The standard InChI is InChI=1S/C14H6F6O2/c15-10-3-9(4-11(16)13(10)17)7-1-2-8(6-21)12(5-7)22-14(18,19)20/h1-6H. The van der Waals surface area contributed by atoms with Gasteiger partial charge in [0.1, 0.15) is 5.75 Å². The zero-order valence-electron chi connectivity index (χ0n) is 10.5. The molecule has 0 aromatic heterocycles. The summed E-state index contributed by atoms with van der Waals surface area (Å²) in [7, 11) is 0. The van der Waals surface area contributed by atoms with Crippen molar-refractivity contribution in [3.63, 3.8) is 0 Å². The Balaban J connectivity index is 2.53. The van der Waals surface area contributed by atoms with E-state index in [1.54, 1.807) is 0 Å². The van der Waals surface area contributed by atoms with E-state index in [1.165, 1.54) is 0 Å². The van der Waals surface area contributed by atoms with Crippen LogP contribution in [0.1, 0.15) is 10.4 Å². The summed E-state index contributed by atoms with van der Waals surface area (Å²) in [4.78, 5) is 10.7. The number of benzene rings is 2. The van der Waals surface area contributed by atoms with Crippen LogP contribution >= 0.6 is 0 Å². The Morgan fingerprint density at radius 3 is 2.00 bits per heavy atom. The SMILES string of the molecule is O=Cc1ccc(-c2cc(F)c(F)c(F)c2)cc1OC(F)(F)F. The second-order valence-corrected chi connectivity index (χ2v) is 4.17. The molecule has 0 saturated heterocycles. The Morgan fingerprint density at radius 2 is 1.50 bits per heavy atom. The Hall–Kier alpha value is -2.51. The fourth-order valence-corrected chi connectivity index (χ4v) is 1.75. The lowest BCUT2D eigenvalue weighted by Crippen LogP contribution is -2.18. The van der Waals surface area contributed by atoms with Gasteiger partial charge in [-0.05, 0) is 35.4 Å². The van der Waals surface area contributed by atoms with Crippen LogP contribution in [-0.4, -0.2) is 12.6 Å². The molecule has 0 saturated carbocycles. The molecule has 0 bridgehead atoms. The average Bonchev–Trinajstić information content (AvgIpc) is 2.42. The van der Waals surface area contributed by atoms with Gasteiger partial charge in [0.15, 0.2) is 23.7 Å². The van der Waals surface area contributed by atoms with Gasteiger partial charge in [-0.25, -0.2) is 13.2 Å². The van der Waals surface area contributed by atoms with Crippen molar-refractivity contribution in [2.24, 2.45) is 0 Å². The molecule has 116 valence electrons. The van der Waals surface area contributed by atoms with E-state index >= 15 is 0 Å². The summed E-state index contributed by atoms with van der Waals surface area (Å²) in [6.07, 6.45) is -4.91. The van der Waals surface area contributed by atoms with Crippen LogP contribution in [0.15, 0.2) is 30.3 Å². The van der Waals surface area contributed by atoms with E-state index in [1.807, 2.05) is 0 Å². The molecular formula is C14H6F6O2. The molecule has 0 unspecified atom stereocenters. The van der Waals surface area contributed by atoms with Crippen molar-refractivity contribution in [1.29, 1.82) is 0 Å². The first-order valence-electron chi connectivity index (χ1n) is 5.71. The highest BCUT2D eigenvalue weighted by Crippen LogP contribution is 2.31. The lowest BCUT2D eigenvalue weighted by Gasteiger charge is -2.12. The fraction of sp³-hybridized carbons (Fsp3) is 0.0714. The highest BCUT2D eigenvalue weighted by Gasteiger charge is 2.32. The molecule has 0 aliphatic rings. The number of hydrogen-bond donors (Lipinski definition) is 0. The number of rotatable bonds is 3. The third-order valence-electron chi connectivity index (χ3n) is 2.68. The van der Waals surface area contributed by atoms with Gasteiger partial charge >= 0.3 is 6.36 Å². The summed E-state index contributed by atoms with van der Waals surface area (Å²) >= 11 is 0. The average molecular weight is 320 g/mol. The summed E-state index contributed by atoms with van der Waals surface area (Å²) in [5.41, 5.74) is -0.687. The van der Waals surface area contributed by atoms with E-state index < -0.39 is 35.1 Å². The molecule has 0 heterocycles. The minimum Gasteiger partial charge on any atom is -0.405 e. The minimum absolute atomic E-state index is 0.0809. The zero-order chi connectivity index (χ0) is 16.5. The van der Waals surface area contributed by atoms with Gasteiger partial charge < -0.3 is 4.74 Å². The molecule has 2 nitrogen and oxygen atoms in total. The van der Waals surface area contributed by atoms with Crippen molar-refractivity contribution in [1.82, 2.24) is 0 Å². The van der Waals surface area contributed by atoms with Gasteiger partial charge in [-0.15, -0.1) is 13.2 Å². The highest BCUT2D eigenvalue weighted by atomic mass is 19.4. The first kappa shape index (κ1) is 15.9. The van der Waals surface area contributed by atoms with Crippen LogP contribution in [0.4, 0.5) is 26.3 Å². The predicted molar refractivity (Wildman–Crippen MR) is 63.8 cm³/mol. The molecule has 0 N–H and O–H groups in total. The van der Waals surface area contributed by atoms with Crippen molar-refractivity contribution in [2.75, 3.05) is 0 Å². The molecule has 0 aliphatic heterocycles. The Labute approximate surface area is 119 Å². The Bertz CT molecular complexity index is 701. The first-order chi connectivity index (χ1) is 10.2. The van der Waals surface area contributed by atoms with Crippen LogP contribution in [0.25, 0.3) is 11.1 Å². The van der Waals surface area contributed by atoms with E-state index in [0.717, 1.165) is 18.2 Å². The molecule has 0 amide bonds. The smallest absolute Gasteiger partial charge is 0.405 e. The summed E-state index contributed by atoms with van der Waals surface area (Å²) < 4.78 is 79.7. The van der Waals surface area contributed by atoms with E-state index in [2.05, 4.69) is 4.74 Å². The first-order valence-corrected chi connectivity index (χ1v) is 5.71. The van der Waals surface area contributed by atoms with Gasteiger partial charge in [-0.1, -0.05) is 6.07 Å². The van der Waals surface area contributed by atoms with Crippen LogP contribution < -0.4 is 4.74 Å². The van der Waals surface area contributed by atoms with Crippen LogP contribution in [-0.2, 0) is 0 Å². The third kappa shape index (κ3) is 3.38. The number of ether oxygens (including phenoxy) is 1. The van der Waals surface area contributed by atoms with Gasteiger partial charge in [0.05, 0.1) is 5.56 Å². The molecule has 0 spiro atoms. The number of carbonyl (C=O) groups excluding carboxylic acids is 1. The van der Waals surface area contributed by atoms with E-state index in [-0.39, 0.29) is 17.4 Å². The van der Waals surface area contributed by atoms with Crippen molar-refractivity contribution in [3.05, 3.63) is 53.3 Å². The van der Waals surface area contributed by atoms with Crippen molar-refractivity contribution in [3.8, 4) is 16.9 Å². The zero-order valence-corrected chi connectivity index (χ0v) is 10.5. The van der Waals surface area contributed by atoms with E-state index in [4.69, 9.17) is 0 Å². The molecule has 2 aromatic rings. The van der Waals surface area contributed by atoms with Crippen LogP contribution in [0, 0.1) is 17.5 Å². The second-order valence-electron chi connectivity index (χ2n) is 4.17. The van der Waals surface area contributed by atoms with Gasteiger partial charge in [0, 0.05) is 0 Å². The maximum Gasteiger partial charge on any atom is 0.573 e. The highest BCUT2D eigenvalue weighted by molar-refractivity contribution is 5.82. The van der Waals surface area contributed by atoms with Gasteiger partial charge in [0.25, 0.3) is 0 Å². The number of halogens is 6. The molecule has 2 aromatic carbocycles. The Kier molecular flexibility index (Phi) is 4.11. The van der Waals surface area contributed by atoms with Crippen LogP contribution in [0.3, 0.4) is 0 Å². The van der Waals surface area contributed by atoms with Gasteiger partial charge in [0.2, 0.25) is 0 Å². The number of hydrogen-bond acceptors (Lipinski definition) is 2. The molecule has 0 atom stereocenters.